The van der Waals surface area contributed by atoms with Crippen LogP contribution in [0.2, 0.25) is 0 Å². The SMILES string of the molecule is C#CCC(CC)OC(=O)c1ccccc1. The molecule has 78 valence electrons. The molecule has 2 heteroatoms. The second kappa shape index (κ2) is 5.87. The smallest absolute Gasteiger partial charge is 0.338 e. The van der Waals surface area contributed by atoms with Crippen LogP contribution in [-0.2, 0) is 4.74 Å². The number of rotatable bonds is 4. The van der Waals surface area contributed by atoms with Crippen molar-refractivity contribution in [3.8, 4) is 12.3 Å². The zero-order valence-electron chi connectivity index (χ0n) is 8.77. The fourth-order valence-corrected chi connectivity index (χ4v) is 1.19. The summed E-state index contributed by atoms with van der Waals surface area (Å²) in [5.74, 6) is 2.19. The first-order valence-electron chi connectivity index (χ1n) is 4.97. The molecule has 1 rings (SSSR count). The Labute approximate surface area is 90.3 Å². The number of hydrogen-bond acceptors (Lipinski definition) is 2. The maximum Gasteiger partial charge on any atom is 0.338 e. The summed E-state index contributed by atoms with van der Waals surface area (Å²) in [7, 11) is 0. The van der Waals surface area contributed by atoms with Crippen LogP contribution in [0.5, 0.6) is 0 Å². The normalized spacial score (nSPS) is 11.5. The van der Waals surface area contributed by atoms with Crippen molar-refractivity contribution in [1.82, 2.24) is 0 Å². The molecule has 0 radical (unpaired) electrons. The molecule has 1 aromatic rings. The average molecular weight is 202 g/mol. The molecule has 0 aromatic heterocycles. The van der Waals surface area contributed by atoms with Gasteiger partial charge in [0, 0.05) is 6.42 Å². The highest BCUT2D eigenvalue weighted by Crippen LogP contribution is 2.08. The van der Waals surface area contributed by atoms with Crippen molar-refractivity contribution in [2.45, 2.75) is 25.9 Å². The molecule has 2 nitrogen and oxygen atoms in total. The van der Waals surface area contributed by atoms with Crippen molar-refractivity contribution < 1.29 is 9.53 Å². The Morgan fingerprint density at radius 1 is 1.47 bits per heavy atom. The van der Waals surface area contributed by atoms with Crippen LogP contribution in [0.25, 0.3) is 0 Å². The van der Waals surface area contributed by atoms with Gasteiger partial charge >= 0.3 is 5.97 Å². The van der Waals surface area contributed by atoms with E-state index in [2.05, 4.69) is 5.92 Å². The van der Waals surface area contributed by atoms with Crippen LogP contribution in [-0.4, -0.2) is 12.1 Å². The van der Waals surface area contributed by atoms with Gasteiger partial charge in [-0.1, -0.05) is 25.1 Å². The van der Waals surface area contributed by atoms with Crippen LogP contribution < -0.4 is 0 Å². The lowest BCUT2D eigenvalue weighted by molar-refractivity contribution is 0.0304. The largest absolute Gasteiger partial charge is 0.458 e. The van der Waals surface area contributed by atoms with Crippen LogP contribution >= 0.6 is 0 Å². The topological polar surface area (TPSA) is 26.3 Å². The first-order chi connectivity index (χ1) is 7.27. The van der Waals surface area contributed by atoms with Crippen LogP contribution in [0.4, 0.5) is 0 Å². The van der Waals surface area contributed by atoms with Gasteiger partial charge < -0.3 is 4.74 Å². The van der Waals surface area contributed by atoms with E-state index in [4.69, 9.17) is 11.2 Å². The van der Waals surface area contributed by atoms with E-state index in [0.29, 0.717) is 12.0 Å². The first kappa shape index (κ1) is 11.3. The van der Waals surface area contributed by atoms with E-state index < -0.39 is 0 Å². The molecule has 0 bridgehead atoms. The molecule has 0 saturated carbocycles. The minimum Gasteiger partial charge on any atom is -0.458 e. The van der Waals surface area contributed by atoms with Gasteiger partial charge in [-0.2, -0.15) is 0 Å². The third-order valence-corrected chi connectivity index (χ3v) is 2.08. The second-order valence-electron chi connectivity index (χ2n) is 3.21. The molecule has 1 unspecified atom stereocenters. The Bertz CT molecular complexity index is 349. The molecule has 0 saturated heterocycles. The quantitative estimate of drug-likeness (QED) is 0.554. The number of carbonyl (C=O) groups is 1. The van der Waals surface area contributed by atoms with Gasteiger partial charge in [0.2, 0.25) is 0 Å². The Morgan fingerprint density at radius 2 is 2.13 bits per heavy atom. The standard InChI is InChI=1S/C13H14O2/c1-3-8-12(4-2)15-13(14)11-9-6-5-7-10-11/h1,5-7,9-10,12H,4,8H2,2H3. The lowest BCUT2D eigenvalue weighted by atomic mass is 10.2. The fraction of sp³-hybridized carbons (Fsp3) is 0.308. The van der Waals surface area contributed by atoms with E-state index in [1.54, 1.807) is 24.3 Å². The van der Waals surface area contributed by atoms with Crippen LogP contribution in [0, 0.1) is 12.3 Å². The molecule has 0 spiro atoms. The minimum atomic E-state index is -0.308. The Hall–Kier alpha value is -1.75. The third kappa shape index (κ3) is 3.47. The zero-order chi connectivity index (χ0) is 11.1. The highest BCUT2D eigenvalue weighted by atomic mass is 16.5. The van der Waals surface area contributed by atoms with Crippen molar-refractivity contribution >= 4 is 5.97 Å². The Morgan fingerprint density at radius 3 is 2.67 bits per heavy atom. The van der Waals surface area contributed by atoms with E-state index >= 15 is 0 Å². The van der Waals surface area contributed by atoms with Crippen molar-refractivity contribution in [3.05, 3.63) is 35.9 Å². The molecule has 15 heavy (non-hydrogen) atoms. The van der Waals surface area contributed by atoms with E-state index in [-0.39, 0.29) is 12.1 Å². The van der Waals surface area contributed by atoms with E-state index in [9.17, 15) is 4.79 Å². The zero-order valence-corrected chi connectivity index (χ0v) is 8.77. The van der Waals surface area contributed by atoms with E-state index in [0.717, 1.165) is 6.42 Å². The predicted molar refractivity (Wildman–Crippen MR) is 59.4 cm³/mol. The van der Waals surface area contributed by atoms with Crippen molar-refractivity contribution in [2.75, 3.05) is 0 Å². The molecule has 1 aromatic carbocycles. The third-order valence-electron chi connectivity index (χ3n) is 2.08. The molecule has 0 fully saturated rings. The van der Waals surface area contributed by atoms with Gasteiger partial charge in [-0.3, -0.25) is 0 Å². The summed E-state index contributed by atoms with van der Waals surface area (Å²) in [6, 6.07) is 8.92. The molecule has 1 atom stereocenters. The van der Waals surface area contributed by atoms with Gasteiger partial charge in [0.25, 0.3) is 0 Å². The average Bonchev–Trinajstić information content (AvgIpc) is 2.29. The Kier molecular flexibility index (Phi) is 4.43. The number of terminal acetylenes is 1. The fourth-order valence-electron chi connectivity index (χ4n) is 1.19. The maximum atomic E-state index is 11.6. The van der Waals surface area contributed by atoms with Crippen LogP contribution in [0.15, 0.2) is 30.3 Å². The Balaban J connectivity index is 2.59. The van der Waals surface area contributed by atoms with Crippen LogP contribution in [0.3, 0.4) is 0 Å². The molecule has 0 aliphatic carbocycles. The molecular formula is C13H14O2. The maximum absolute atomic E-state index is 11.6. The second-order valence-corrected chi connectivity index (χ2v) is 3.21. The van der Waals surface area contributed by atoms with Gasteiger partial charge in [0.05, 0.1) is 5.56 Å². The summed E-state index contributed by atoms with van der Waals surface area (Å²) in [5.41, 5.74) is 0.563. The molecule has 0 N–H and O–H groups in total. The number of hydrogen-bond donors (Lipinski definition) is 0. The predicted octanol–water partition coefficient (Wildman–Crippen LogP) is 2.65. The summed E-state index contributed by atoms with van der Waals surface area (Å²) in [4.78, 5) is 11.6. The number of benzene rings is 1. The van der Waals surface area contributed by atoms with Gasteiger partial charge in [-0.05, 0) is 18.6 Å². The summed E-state index contributed by atoms with van der Waals surface area (Å²) < 4.78 is 5.24. The monoisotopic (exact) mass is 202 g/mol. The van der Waals surface area contributed by atoms with Gasteiger partial charge in [0.1, 0.15) is 6.10 Å². The van der Waals surface area contributed by atoms with Crippen molar-refractivity contribution in [3.63, 3.8) is 0 Å². The minimum absolute atomic E-state index is 0.178. The first-order valence-corrected chi connectivity index (χ1v) is 4.97. The van der Waals surface area contributed by atoms with Crippen molar-refractivity contribution in [1.29, 1.82) is 0 Å². The summed E-state index contributed by atoms with van der Waals surface area (Å²) in [5, 5.41) is 0. The highest BCUT2D eigenvalue weighted by Gasteiger charge is 2.12. The molecule has 0 amide bonds. The number of ether oxygens (including phenoxy) is 1. The summed E-state index contributed by atoms with van der Waals surface area (Å²) in [6.45, 7) is 1.94. The van der Waals surface area contributed by atoms with Crippen LogP contribution in [0.1, 0.15) is 30.1 Å². The number of carbonyl (C=O) groups excluding carboxylic acids is 1. The molecule has 0 aliphatic rings. The molecular weight excluding hydrogens is 188 g/mol. The number of esters is 1. The lowest BCUT2D eigenvalue weighted by Crippen LogP contribution is -2.16. The van der Waals surface area contributed by atoms with E-state index in [1.165, 1.54) is 0 Å². The molecule has 0 aliphatic heterocycles. The van der Waals surface area contributed by atoms with Crippen molar-refractivity contribution in [2.24, 2.45) is 0 Å². The highest BCUT2D eigenvalue weighted by molar-refractivity contribution is 5.89. The lowest BCUT2D eigenvalue weighted by Gasteiger charge is -2.13. The molecule has 0 heterocycles. The summed E-state index contributed by atoms with van der Waals surface area (Å²) in [6.07, 6.45) is 6.21. The van der Waals surface area contributed by atoms with Gasteiger partial charge in [0.15, 0.2) is 0 Å². The van der Waals surface area contributed by atoms with Gasteiger partial charge in [-0.25, -0.2) is 4.79 Å². The van der Waals surface area contributed by atoms with E-state index in [1.807, 2.05) is 13.0 Å². The summed E-state index contributed by atoms with van der Waals surface area (Å²) >= 11 is 0. The van der Waals surface area contributed by atoms with Gasteiger partial charge in [-0.15, -0.1) is 12.3 Å².